The second-order valence-corrected chi connectivity index (χ2v) is 19.6. The zero-order valence-electron chi connectivity index (χ0n) is 52.3. The summed E-state index contributed by atoms with van der Waals surface area (Å²) < 4.78 is 99.8. The van der Waals surface area contributed by atoms with Gasteiger partial charge < -0.3 is 13.9 Å². The number of hydrogen-bond donors (Lipinski definition) is 0. The SMILES string of the molecule is [2H]c1c([2H])c([2H])c(-c2cccc(-c3c([2H])c([2H])c([2H])c([2H])c3[2H])c2-[n+]2[c-]n(-c3[c-]c(Oc4[c-]c5c(cc4)c4cc(-c6cc(-c7ccccc7)cc(-c7ccccc7)c6)ccc4n5-c4cc(C(C)(C)C)ccn4)cc(C#N)c3)c3ccccc32)c([2H])c1[2H].[Pt]. The molecule has 0 aliphatic heterocycles. The fraction of sp³-hybridized carbons (Fsp3) is 0.0563. The summed E-state index contributed by atoms with van der Waals surface area (Å²) >= 11 is 0. The number of aromatic nitrogens is 4. The molecule has 0 aliphatic carbocycles. The molecule has 0 saturated carbocycles. The average molecular weight is 1190 g/mol. The molecule has 10 aromatic carbocycles. The molecule has 13 rings (SSSR count). The van der Waals surface area contributed by atoms with Crippen molar-refractivity contribution in [2.75, 3.05) is 0 Å². The minimum absolute atomic E-state index is 0. The van der Waals surface area contributed by atoms with E-state index in [2.05, 4.69) is 117 Å². The van der Waals surface area contributed by atoms with Crippen LogP contribution in [0.5, 0.6) is 11.5 Å². The van der Waals surface area contributed by atoms with E-state index in [0.717, 1.165) is 55.2 Å². The fourth-order valence-electron chi connectivity index (χ4n) is 10.0. The smallest absolute Gasteiger partial charge is 0.268 e. The molecule has 0 unspecified atom stereocenters. The van der Waals surface area contributed by atoms with Gasteiger partial charge >= 0.3 is 0 Å². The Balaban J connectivity index is 0.00000754. The molecule has 0 amide bonds. The molecule has 6 nitrogen and oxygen atoms in total. The monoisotopic (exact) mass is 1190 g/mol. The minimum atomic E-state index is -0.602. The van der Waals surface area contributed by atoms with Gasteiger partial charge in [-0.2, -0.15) is 11.3 Å². The maximum atomic E-state index is 10.6. The van der Waals surface area contributed by atoms with Gasteiger partial charge in [-0.1, -0.05) is 208 Å². The van der Waals surface area contributed by atoms with Crippen molar-refractivity contribution in [2.45, 2.75) is 26.2 Å². The van der Waals surface area contributed by atoms with Crippen LogP contribution in [0.15, 0.2) is 243 Å². The van der Waals surface area contributed by atoms with Crippen molar-refractivity contribution in [1.29, 1.82) is 5.26 Å². The van der Waals surface area contributed by atoms with E-state index in [4.69, 9.17) is 23.4 Å². The van der Waals surface area contributed by atoms with E-state index in [1.165, 1.54) is 0 Å². The fourth-order valence-corrected chi connectivity index (χ4v) is 10.0. The Morgan fingerprint density at radius 1 is 0.551 bits per heavy atom. The van der Waals surface area contributed by atoms with Crippen molar-refractivity contribution in [3.8, 4) is 90.4 Å². The van der Waals surface area contributed by atoms with Crippen LogP contribution in [-0.4, -0.2) is 14.1 Å². The largest absolute Gasteiger partial charge is 0.510 e. The molecule has 376 valence electrons. The van der Waals surface area contributed by atoms with Crippen molar-refractivity contribution in [3.05, 3.63) is 272 Å². The Hall–Kier alpha value is -9.40. The molecule has 3 heterocycles. The van der Waals surface area contributed by atoms with Crippen LogP contribution in [0.25, 0.3) is 106 Å². The quantitative estimate of drug-likeness (QED) is 0.101. The van der Waals surface area contributed by atoms with Crippen LogP contribution in [0.3, 0.4) is 0 Å². The molecule has 0 atom stereocenters. The first-order valence-electron chi connectivity index (χ1n) is 30.0. The van der Waals surface area contributed by atoms with Crippen LogP contribution in [0.4, 0.5) is 0 Å². The number of imidazole rings is 1. The van der Waals surface area contributed by atoms with E-state index in [1.807, 2.05) is 60.8 Å². The summed E-state index contributed by atoms with van der Waals surface area (Å²) in [5.74, 6) is 1.15. The molecule has 0 spiro atoms. The summed E-state index contributed by atoms with van der Waals surface area (Å²) in [6.45, 7) is 6.49. The van der Waals surface area contributed by atoms with Gasteiger partial charge in [-0.05, 0) is 114 Å². The normalized spacial score (nSPS) is 13.2. The standard InChI is InChI=1S/C71H49N5O.Pt/c1-71(2,3)57-35-36-73-69(43-57)76-65-34-31-53(56-40-54(49-19-8-4-9-20-49)39-55(41-56)50-21-10-5-11-22-50)42-64(65)63-33-32-59(45-68(63)76)77-60-38-48(46-72)37-58(44-60)74-47-75(67-30-17-16-29-66(67)74)70-61(51-23-12-6-13-24-51)27-18-28-62(70)52-25-14-7-15-26-52;/h4-43H,1-3H3;/q-2;/i6D,7D,12D,13D,14D,15D,23D,24D,25D,26D;. The Bertz CT molecular complexity index is 4830. The van der Waals surface area contributed by atoms with Gasteiger partial charge in [0.05, 0.1) is 36.5 Å². The first-order chi connectivity index (χ1) is 41.9. The zero-order valence-corrected chi connectivity index (χ0v) is 44.6. The third-order valence-electron chi connectivity index (χ3n) is 13.8. The van der Waals surface area contributed by atoms with Crippen molar-refractivity contribution < 1.29 is 44.1 Å². The Kier molecular flexibility index (Phi) is 10.3. The second-order valence-electron chi connectivity index (χ2n) is 19.6. The minimum Gasteiger partial charge on any atom is -0.510 e. The third-order valence-corrected chi connectivity index (χ3v) is 13.8. The molecule has 7 heteroatoms. The van der Waals surface area contributed by atoms with Crippen molar-refractivity contribution >= 4 is 32.8 Å². The number of benzene rings is 10. The summed E-state index contributed by atoms with van der Waals surface area (Å²) in [5, 5.41) is 12.5. The van der Waals surface area contributed by atoms with Crippen molar-refractivity contribution in [1.82, 2.24) is 14.1 Å². The van der Waals surface area contributed by atoms with Gasteiger partial charge in [-0.3, -0.25) is 4.57 Å². The number of para-hydroxylation sites is 3. The number of pyridine rings is 1. The summed E-state index contributed by atoms with van der Waals surface area (Å²) in [4.78, 5) is 4.95. The summed E-state index contributed by atoms with van der Waals surface area (Å²) in [6, 6.07) is 60.4. The Labute approximate surface area is 482 Å². The van der Waals surface area contributed by atoms with Gasteiger partial charge in [0.2, 0.25) is 0 Å². The molecule has 0 radical (unpaired) electrons. The molecule has 13 aromatic rings. The average Bonchev–Trinajstić information content (AvgIpc) is 1.46. The number of hydrogen-bond acceptors (Lipinski definition) is 3. The zero-order chi connectivity index (χ0) is 60.7. The third kappa shape index (κ3) is 9.29. The van der Waals surface area contributed by atoms with Gasteiger partial charge in [0.1, 0.15) is 5.82 Å². The number of rotatable bonds is 10. The molecular weight excluding hydrogens is 1130 g/mol. The maximum absolute atomic E-state index is 10.6. The van der Waals surface area contributed by atoms with Crippen molar-refractivity contribution in [2.24, 2.45) is 0 Å². The van der Waals surface area contributed by atoms with Crippen LogP contribution >= 0.6 is 0 Å². The molecule has 0 N–H and O–H groups in total. The van der Waals surface area contributed by atoms with Crippen LogP contribution < -0.4 is 9.30 Å². The van der Waals surface area contributed by atoms with E-state index >= 15 is 0 Å². The van der Waals surface area contributed by atoms with Gasteiger partial charge in [0.25, 0.3) is 6.33 Å². The summed E-state index contributed by atoms with van der Waals surface area (Å²) in [6.07, 6.45) is 5.20. The van der Waals surface area contributed by atoms with Crippen molar-refractivity contribution in [3.63, 3.8) is 0 Å². The Morgan fingerprint density at radius 3 is 1.82 bits per heavy atom. The van der Waals surface area contributed by atoms with Crippen LogP contribution in [0.2, 0.25) is 0 Å². The molecule has 0 aliphatic rings. The predicted octanol–water partition coefficient (Wildman–Crippen LogP) is 17.1. The second kappa shape index (κ2) is 20.6. The van der Waals surface area contributed by atoms with Gasteiger partial charge in [0, 0.05) is 44.3 Å². The first-order valence-corrected chi connectivity index (χ1v) is 25.0. The van der Waals surface area contributed by atoms with Gasteiger partial charge in [-0.25, -0.2) is 4.98 Å². The van der Waals surface area contributed by atoms with Crippen LogP contribution in [-0.2, 0) is 26.5 Å². The summed E-state index contributed by atoms with van der Waals surface area (Å²) in [7, 11) is 0. The Morgan fingerprint density at radius 2 is 1.18 bits per heavy atom. The molecule has 3 aromatic heterocycles. The van der Waals surface area contributed by atoms with E-state index in [0.29, 0.717) is 33.8 Å². The number of ether oxygens (including phenoxy) is 1. The molecule has 0 fully saturated rings. The number of fused-ring (bicyclic) bond motifs is 4. The van der Waals surface area contributed by atoms with Gasteiger partial charge in [-0.15, -0.1) is 35.7 Å². The number of nitriles is 1. The predicted molar refractivity (Wildman–Crippen MR) is 311 cm³/mol. The molecule has 78 heavy (non-hydrogen) atoms. The first kappa shape index (κ1) is 39.0. The van der Waals surface area contributed by atoms with Gasteiger partial charge in [0.15, 0.2) is 0 Å². The van der Waals surface area contributed by atoms with Crippen LogP contribution in [0.1, 0.15) is 45.6 Å². The van der Waals surface area contributed by atoms with E-state index < -0.39 is 60.4 Å². The molecular formula is C71H49N5OPt-2. The number of nitrogens with zero attached hydrogens (tertiary/aromatic N) is 5. The summed E-state index contributed by atoms with van der Waals surface area (Å²) in [5.41, 5.74) is 10.3. The van der Waals surface area contributed by atoms with E-state index in [1.54, 1.807) is 63.7 Å². The molecule has 0 bridgehead atoms. The topological polar surface area (TPSA) is 59.6 Å². The maximum Gasteiger partial charge on any atom is 0.268 e. The van der Waals surface area contributed by atoms with E-state index in [9.17, 15) is 5.26 Å². The van der Waals surface area contributed by atoms with Crippen LogP contribution in [0, 0.1) is 29.8 Å². The molecule has 0 saturated heterocycles. The van der Waals surface area contributed by atoms with E-state index in [-0.39, 0.29) is 65.7 Å².